The maximum Gasteiger partial charge on any atom is 0.252 e. The Morgan fingerprint density at radius 1 is 1.07 bits per heavy atom. The molecule has 0 unspecified atom stereocenters. The predicted octanol–water partition coefficient (Wildman–Crippen LogP) is 5.07. The molecule has 0 radical (unpaired) electrons. The van der Waals surface area contributed by atoms with Crippen molar-refractivity contribution in [2.45, 2.75) is 20.3 Å². The Hall–Kier alpha value is -2.85. The standard InChI is InChI=1S/C22H22ClN3O/c1-15-5-3-8-21(16(15)2)26-20-12-18(13-24-14-20)22(27)25-10-9-17-6-4-7-19(23)11-17/h3-8,11-14,26H,9-10H2,1-2H3,(H,25,27). The summed E-state index contributed by atoms with van der Waals surface area (Å²) in [5.41, 5.74) is 5.79. The van der Waals surface area contributed by atoms with Gasteiger partial charge >= 0.3 is 0 Å². The molecule has 4 nitrogen and oxygen atoms in total. The molecule has 0 saturated heterocycles. The Labute approximate surface area is 164 Å². The lowest BCUT2D eigenvalue weighted by molar-refractivity contribution is 0.0954. The lowest BCUT2D eigenvalue weighted by Crippen LogP contribution is -2.25. The third kappa shape index (κ3) is 5.08. The van der Waals surface area contributed by atoms with Crippen molar-refractivity contribution < 1.29 is 4.79 Å². The van der Waals surface area contributed by atoms with Crippen LogP contribution in [-0.2, 0) is 6.42 Å². The van der Waals surface area contributed by atoms with Crippen molar-refractivity contribution in [1.29, 1.82) is 0 Å². The highest BCUT2D eigenvalue weighted by Crippen LogP contribution is 2.22. The quantitative estimate of drug-likeness (QED) is 0.628. The van der Waals surface area contributed by atoms with Crippen LogP contribution in [0.3, 0.4) is 0 Å². The van der Waals surface area contributed by atoms with E-state index in [-0.39, 0.29) is 5.91 Å². The molecule has 5 heteroatoms. The van der Waals surface area contributed by atoms with Crippen LogP contribution in [-0.4, -0.2) is 17.4 Å². The van der Waals surface area contributed by atoms with E-state index >= 15 is 0 Å². The number of rotatable bonds is 6. The second kappa shape index (κ2) is 8.69. The predicted molar refractivity (Wildman–Crippen MR) is 111 cm³/mol. The number of aryl methyl sites for hydroxylation is 1. The van der Waals surface area contributed by atoms with Gasteiger partial charge in [-0.1, -0.05) is 35.9 Å². The Kier molecular flexibility index (Phi) is 6.09. The van der Waals surface area contributed by atoms with E-state index in [0.29, 0.717) is 17.1 Å². The van der Waals surface area contributed by atoms with Gasteiger partial charge in [0.25, 0.3) is 5.91 Å². The molecule has 0 atom stereocenters. The van der Waals surface area contributed by atoms with E-state index in [9.17, 15) is 4.79 Å². The molecule has 2 N–H and O–H groups in total. The average Bonchev–Trinajstić information content (AvgIpc) is 2.66. The first-order valence-corrected chi connectivity index (χ1v) is 9.21. The molecule has 0 aliphatic carbocycles. The Morgan fingerprint density at radius 2 is 1.89 bits per heavy atom. The number of benzene rings is 2. The zero-order valence-corrected chi connectivity index (χ0v) is 16.2. The molecule has 0 aliphatic rings. The van der Waals surface area contributed by atoms with Crippen molar-refractivity contribution in [1.82, 2.24) is 10.3 Å². The van der Waals surface area contributed by atoms with Crippen molar-refractivity contribution >= 4 is 28.9 Å². The van der Waals surface area contributed by atoms with Gasteiger partial charge in [0.05, 0.1) is 17.4 Å². The molecule has 0 fully saturated rings. The van der Waals surface area contributed by atoms with Crippen molar-refractivity contribution in [3.63, 3.8) is 0 Å². The number of amides is 1. The van der Waals surface area contributed by atoms with Gasteiger partial charge in [0.1, 0.15) is 0 Å². The average molecular weight is 380 g/mol. The second-order valence-corrected chi connectivity index (χ2v) is 6.91. The minimum Gasteiger partial charge on any atom is -0.354 e. The first kappa shape index (κ1) is 18.9. The topological polar surface area (TPSA) is 54.0 Å². The maximum atomic E-state index is 12.4. The van der Waals surface area contributed by atoms with Gasteiger partial charge in [-0.15, -0.1) is 0 Å². The summed E-state index contributed by atoms with van der Waals surface area (Å²) in [6.07, 6.45) is 4.01. The van der Waals surface area contributed by atoms with E-state index in [2.05, 4.69) is 35.5 Å². The zero-order valence-electron chi connectivity index (χ0n) is 15.4. The van der Waals surface area contributed by atoms with Crippen LogP contribution in [0.15, 0.2) is 60.9 Å². The number of anilines is 2. The summed E-state index contributed by atoms with van der Waals surface area (Å²) < 4.78 is 0. The highest BCUT2D eigenvalue weighted by atomic mass is 35.5. The van der Waals surface area contributed by atoms with E-state index in [1.165, 1.54) is 11.1 Å². The van der Waals surface area contributed by atoms with E-state index in [1.807, 2.05) is 42.5 Å². The van der Waals surface area contributed by atoms with E-state index in [0.717, 1.165) is 23.4 Å². The van der Waals surface area contributed by atoms with Crippen LogP contribution in [0, 0.1) is 13.8 Å². The molecule has 27 heavy (non-hydrogen) atoms. The van der Waals surface area contributed by atoms with Crippen molar-refractivity contribution in [2.75, 3.05) is 11.9 Å². The van der Waals surface area contributed by atoms with Crippen molar-refractivity contribution in [3.8, 4) is 0 Å². The Balaban J connectivity index is 1.62. The number of nitrogens with one attached hydrogen (secondary N) is 2. The minimum absolute atomic E-state index is 0.144. The van der Waals surface area contributed by atoms with Gasteiger partial charge in [0.2, 0.25) is 0 Å². The smallest absolute Gasteiger partial charge is 0.252 e. The van der Waals surface area contributed by atoms with Crippen molar-refractivity contribution in [2.24, 2.45) is 0 Å². The molecule has 138 valence electrons. The first-order valence-electron chi connectivity index (χ1n) is 8.84. The molecule has 0 spiro atoms. The first-order chi connectivity index (χ1) is 13.0. The monoisotopic (exact) mass is 379 g/mol. The van der Waals surface area contributed by atoms with Gasteiger partial charge in [-0.25, -0.2) is 0 Å². The van der Waals surface area contributed by atoms with Crippen LogP contribution in [0.25, 0.3) is 0 Å². The third-order valence-corrected chi connectivity index (χ3v) is 4.71. The summed E-state index contributed by atoms with van der Waals surface area (Å²) >= 11 is 5.98. The fourth-order valence-electron chi connectivity index (χ4n) is 2.79. The van der Waals surface area contributed by atoms with Crippen LogP contribution in [0.5, 0.6) is 0 Å². The summed E-state index contributed by atoms with van der Waals surface area (Å²) in [5, 5.41) is 6.97. The number of carbonyl (C=O) groups excluding carboxylic acids is 1. The summed E-state index contributed by atoms with van der Waals surface area (Å²) in [6.45, 7) is 4.67. The molecule has 1 aromatic heterocycles. The Morgan fingerprint density at radius 3 is 2.70 bits per heavy atom. The van der Waals surface area contributed by atoms with Gasteiger partial charge in [0, 0.05) is 23.5 Å². The molecular weight excluding hydrogens is 358 g/mol. The number of pyridine rings is 1. The molecule has 0 aliphatic heterocycles. The molecule has 0 bridgehead atoms. The SMILES string of the molecule is Cc1cccc(Nc2cncc(C(=O)NCCc3cccc(Cl)c3)c2)c1C. The highest BCUT2D eigenvalue weighted by molar-refractivity contribution is 6.30. The van der Waals surface area contributed by atoms with Crippen molar-refractivity contribution in [3.05, 3.63) is 88.2 Å². The summed E-state index contributed by atoms with van der Waals surface area (Å²) in [5.74, 6) is -0.144. The maximum absolute atomic E-state index is 12.4. The van der Waals surface area contributed by atoms with Crippen LogP contribution in [0.4, 0.5) is 11.4 Å². The van der Waals surface area contributed by atoms with Crippen LogP contribution >= 0.6 is 11.6 Å². The Bertz CT molecular complexity index is 956. The third-order valence-electron chi connectivity index (χ3n) is 4.47. The van der Waals surface area contributed by atoms with E-state index < -0.39 is 0 Å². The number of nitrogens with zero attached hydrogens (tertiary/aromatic N) is 1. The fraction of sp³-hybridized carbons (Fsp3) is 0.182. The molecule has 3 aromatic rings. The molecule has 1 amide bonds. The molecule has 2 aromatic carbocycles. The molecule has 1 heterocycles. The van der Waals surface area contributed by atoms with Gasteiger partial charge < -0.3 is 10.6 Å². The highest BCUT2D eigenvalue weighted by Gasteiger charge is 2.08. The number of hydrogen-bond donors (Lipinski definition) is 2. The lowest BCUT2D eigenvalue weighted by Gasteiger charge is -2.12. The summed E-state index contributed by atoms with van der Waals surface area (Å²) in [4.78, 5) is 16.6. The van der Waals surface area contributed by atoms with Crippen LogP contribution in [0.2, 0.25) is 5.02 Å². The minimum atomic E-state index is -0.144. The summed E-state index contributed by atoms with van der Waals surface area (Å²) in [6, 6.07) is 15.5. The van der Waals surface area contributed by atoms with Crippen LogP contribution < -0.4 is 10.6 Å². The number of hydrogen-bond acceptors (Lipinski definition) is 3. The fourth-order valence-corrected chi connectivity index (χ4v) is 3.00. The second-order valence-electron chi connectivity index (χ2n) is 6.47. The number of aromatic nitrogens is 1. The normalized spacial score (nSPS) is 10.5. The van der Waals surface area contributed by atoms with Gasteiger partial charge in [-0.05, 0) is 61.2 Å². The summed E-state index contributed by atoms with van der Waals surface area (Å²) in [7, 11) is 0. The number of carbonyl (C=O) groups is 1. The van der Waals surface area contributed by atoms with E-state index in [1.54, 1.807) is 12.4 Å². The van der Waals surface area contributed by atoms with Crippen LogP contribution in [0.1, 0.15) is 27.0 Å². The molecular formula is C22H22ClN3O. The van der Waals surface area contributed by atoms with Gasteiger partial charge in [-0.3, -0.25) is 9.78 Å². The lowest BCUT2D eigenvalue weighted by atomic mass is 10.1. The zero-order chi connectivity index (χ0) is 19.2. The van der Waals surface area contributed by atoms with Gasteiger partial charge in [-0.2, -0.15) is 0 Å². The number of halogens is 1. The van der Waals surface area contributed by atoms with Gasteiger partial charge in [0.15, 0.2) is 0 Å². The van der Waals surface area contributed by atoms with E-state index in [4.69, 9.17) is 11.6 Å². The molecule has 0 saturated carbocycles. The molecule has 3 rings (SSSR count). The largest absolute Gasteiger partial charge is 0.354 e.